The molecule has 3 aromatic heterocycles. The van der Waals surface area contributed by atoms with E-state index in [0.717, 1.165) is 32.0 Å². The first kappa shape index (κ1) is 19.9. The molecule has 10 heteroatoms. The third kappa shape index (κ3) is 3.94. The molecule has 3 aromatic rings. The van der Waals surface area contributed by atoms with Gasteiger partial charge in [0.15, 0.2) is 12.0 Å². The fourth-order valence-electron chi connectivity index (χ4n) is 3.82. The van der Waals surface area contributed by atoms with Crippen LogP contribution < -0.4 is 10.2 Å². The number of hydrogen-bond donors (Lipinski definition) is 1. The molecule has 9 nitrogen and oxygen atoms in total. The number of aliphatic imine (C=N–C) groups is 1. The number of allylic oxidation sites excluding steroid dienone is 2. The Bertz CT molecular complexity index is 1250. The van der Waals surface area contributed by atoms with Crippen LogP contribution in [-0.2, 0) is 11.3 Å². The van der Waals surface area contributed by atoms with Crippen LogP contribution in [0.5, 0.6) is 0 Å². The summed E-state index contributed by atoms with van der Waals surface area (Å²) in [5, 5.41) is 7.06. The number of anilines is 2. The largest absolute Gasteiger partial charge is 0.478 e. The Morgan fingerprint density at radius 3 is 3.16 bits per heavy atom. The summed E-state index contributed by atoms with van der Waals surface area (Å²) in [6.07, 6.45) is 12.1. The van der Waals surface area contributed by atoms with Gasteiger partial charge in [-0.15, -0.1) is 0 Å². The monoisotopic (exact) mass is 433 g/mol. The number of ether oxygens (including phenoxy) is 1. The van der Waals surface area contributed by atoms with E-state index in [9.17, 15) is 9.18 Å². The van der Waals surface area contributed by atoms with Gasteiger partial charge >= 0.3 is 0 Å². The van der Waals surface area contributed by atoms with Gasteiger partial charge in [-0.25, -0.2) is 23.9 Å². The van der Waals surface area contributed by atoms with Crippen molar-refractivity contribution in [1.29, 1.82) is 0 Å². The molecule has 162 valence electrons. The number of pyridine rings is 1. The minimum atomic E-state index is -0.478. The second-order valence-corrected chi connectivity index (χ2v) is 7.42. The van der Waals surface area contributed by atoms with E-state index in [-0.39, 0.29) is 18.6 Å². The number of nitrogens with zero attached hydrogens (tertiary/aromatic N) is 6. The van der Waals surface area contributed by atoms with Gasteiger partial charge in [0.1, 0.15) is 29.6 Å². The summed E-state index contributed by atoms with van der Waals surface area (Å²) in [5.41, 5.74) is 1.40. The molecule has 5 rings (SSSR count). The normalized spacial score (nSPS) is 21.7. The van der Waals surface area contributed by atoms with Crippen molar-refractivity contribution in [3.05, 3.63) is 72.1 Å². The molecule has 0 aromatic carbocycles. The van der Waals surface area contributed by atoms with Gasteiger partial charge in [-0.05, 0) is 31.1 Å². The van der Waals surface area contributed by atoms with E-state index >= 15 is 0 Å². The van der Waals surface area contributed by atoms with Crippen LogP contribution in [0.4, 0.5) is 16.0 Å². The lowest BCUT2D eigenvalue weighted by Gasteiger charge is -2.23. The Kier molecular flexibility index (Phi) is 5.32. The Balaban J connectivity index is 1.57. The van der Waals surface area contributed by atoms with Crippen LogP contribution in [0.1, 0.15) is 28.8 Å². The highest BCUT2D eigenvalue weighted by Crippen LogP contribution is 2.26. The smallest absolute Gasteiger partial charge is 0.262 e. The van der Waals surface area contributed by atoms with Crippen LogP contribution in [0.2, 0.25) is 0 Å². The average Bonchev–Trinajstić information content (AvgIpc) is 3.44. The van der Waals surface area contributed by atoms with Gasteiger partial charge in [0.2, 0.25) is 0 Å². The van der Waals surface area contributed by atoms with Crippen molar-refractivity contribution in [3.8, 4) is 0 Å². The molecule has 2 aliphatic heterocycles. The van der Waals surface area contributed by atoms with Crippen LogP contribution in [0, 0.1) is 0 Å². The molecule has 1 atom stereocenters. The van der Waals surface area contributed by atoms with Crippen molar-refractivity contribution in [2.24, 2.45) is 4.99 Å². The average molecular weight is 433 g/mol. The molecule has 2 bridgehead atoms. The van der Waals surface area contributed by atoms with Crippen molar-refractivity contribution < 1.29 is 13.9 Å². The summed E-state index contributed by atoms with van der Waals surface area (Å²) in [4.78, 5) is 27.9. The van der Waals surface area contributed by atoms with Crippen molar-refractivity contribution >= 4 is 29.6 Å². The summed E-state index contributed by atoms with van der Waals surface area (Å²) in [6, 6.07) is 5.34. The summed E-state index contributed by atoms with van der Waals surface area (Å²) >= 11 is 0. The lowest BCUT2D eigenvalue weighted by molar-refractivity contribution is 0.102. The zero-order chi connectivity index (χ0) is 21.9. The lowest BCUT2D eigenvalue weighted by Crippen LogP contribution is -2.28. The number of nitrogens with one attached hydrogen (secondary N) is 1. The highest BCUT2D eigenvalue weighted by molar-refractivity contribution is 6.08. The SMILES string of the molecule is O=C1Nc2ncccc2COC=N/C=C(F)\C=C\C2CCCN2c2ccn3ncc1c3n2. The number of rotatable bonds is 0. The summed E-state index contributed by atoms with van der Waals surface area (Å²) in [5.74, 6) is 0.206. The van der Waals surface area contributed by atoms with Gasteiger partial charge < -0.3 is 15.0 Å². The topological polar surface area (TPSA) is 97.0 Å². The van der Waals surface area contributed by atoms with Crippen LogP contribution in [0.3, 0.4) is 0 Å². The first-order chi connectivity index (χ1) is 15.7. The van der Waals surface area contributed by atoms with Gasteiger partial charge in [-0.3, -0.25) is 4.79 Å². The first-order valence-electron chi connectivity index (χ1n) is 10.2. The third-order valence-corrected chi connectivity index (χ3v) is 5.37. The molecule has 1 saturated heterocycles. The molecule has 0 saturated carbocycles. The zero-order valence-corrected chi connectivity index (χ0v) is 17.1. The number of fused-ring (bicyclic) bond motifs is 4. The number of carbonyl (C=O) groups is 1. The molecule has 1 unspecified atom stereocenters. The summed E-state index contributed by atoms with van der Waals surface area (Å²) in [7, 11) is 0. The minimum absolute atomic E-state index is 0.0144. The maximum absolute atomic E-state index is 14.2. The predicted octanol–water partition coefficient (Wildman–Crippen LogP) is 3.27. The number of carbonyl (C=O) groups excluding carboxylic acids is 1. The predicted molar refractivity (Wildman–Crippen MR) is 117 cm³/mol. The second kappa shape index (κ2) is 8.58. The van der Waals surface area contributed by atoms with Gasteiger partial charge in [0.25, 0.3) is 5.91 Å². The lowest BCUT2D eigenvalue weighted by atomic mass is 10.2. The molecule has 2 aliphatic rings. The van der Waals surface area contributed by atoms with E-state index in [0.29, 0.717) is 28.4 Å². The molecule has 1 amide bonds. The van der Waals surface area contributed by atoms with Crippen molar-refractivity contribution in [2.75, 3.05) is 16.8 Å². The molecular formula is C22H20FN7O2. The molecule has 0 radical (unpaired) electrons. The maximum atomic E-state index is 14.2. The summed E-state index contributed by atoms with van der Waals surface area (Å²) in [6.45, 7) is 0.884. The van der Waals surface area contributed by atoms with Crippen molar-refractivity contribution in [2.45, 2.75) is 25.5 Å². The molecule has 32 heavy (non-hydrogen) atoms. The van der Waals surface area contributed by atoms with Crippen LogP contribution in [0.25, 0.3) is 5.65 Å². The van der Waals surface area contributed by atoms with E-state index in [1.165, 1.54) is 12.3 Å². The van der Waals surface area contributed by atoms with Gasteiger partial charge in [0.05, 0.1) is 12.4 Å². The second-order valence-electron chi connectivity index (χ2n) is 7.42. The highest BCUT2D eigenvalue weighted by atomic mass is 19.1. The van der Waals surface area contributed by atoms with Crippen LogP contribution in [0.15, 0.2) is 66.0 Å². The van der Waals surface area contributed by atoms with E-state index in [1.807, 2.05) is 6.07 Å². The Labute approximate surface area is 183 Å². The van der Waals surface area contributed by atoms with Crippen LogP contribution >= 0.6 is 0 Å². The maximum Gasteiger partial charge on any atom is 0.262 e. The fraction of sp³-hybridized carbons (Fsp3) is 0.227. The molecule has 5 heterocycles. The Hall–Kier alpha value is -4.08. The molecule has 1 N–H and O–H groups in total. The molecule has 0 spiro atoms. The standard InChI is InChI=1S/C22H20FN7O2/c23-16-5-6-17-4-2-9-29(17)19-7-10-30-21(27-19)18(12-26-30)22(31)28-20-15(3-1-8-25-20)13-32-14-24-11-16/h1,3,5-8,10-12,14,17H,2,4,9,13H2,(H,25,28,31)/b6-5+,16-11+,24-14?. The van der Waals surface area contributed by atoms with Crippen molar-refractivity contribution in [3.63, 3.8) is 0 Å². The molecule has 1 fully saturated rings. The number of amides is 1. The van der Waals surface area contributed by atoms with E-state index < -0.39 is 5.83 Å². The van der Waals surface area contributed by atoms with Gasteiger partial charge in [-0.1, -0.05) is 12.1 Å². The quantitative estimate of drug-likeness (QED) is 0.585. The van der Waals surface area contributed by atoms with Crippen molar-refractivity contribution in [1.82, 2.24) is 19.6 Å². The minimum Gasteiger partial charge on any atom is -0.478 e. The number of hydrogen-bond acceptors (Lipinski definition) is 7. The van der Waals surface area contributed by atoms with E-state index in [1.54, 1.807) is 35.1 Å². The van der Waals surface area contributed by atoms with Crippen LogP contribution in [-0.4, -0.2) is 44.5 Å². The third-order valence-electron chi connectivity index (χ3n) is 5.37. The molecular weight excluding hydrogens is 413 g/mol. The van der Waals surface area contributed by atoms with Gasteiger partial charge in [0, 0.05) is 30.5 Å². The van der Waals surface area contributed by atoms with E-state index in [2.05, 4.69) is 25.3 Å². The number of aromatic nitrogens is 4. The van der Waals surface area contributed by atoms with E-state index in [4.69, 9.17) is 9.72 Å². The first-order valence-corrected chi connectivity index (χ1v) is 10.2. The zero-order valence-electron chi connectivity index (χ0n) is 17.1. The Morgan fingerprint density at radius 2 is 2.22 bits per heavy atom. The highest BCUT2D eigenvalue weighted by Gasteiger charge is 2.25. The molecule has 0 aliphatic carbocycles. The fourth-order valence-corrected chi connectivity index (χ4v) is 3.82. The number of halogens is 1. The Morgan fingerprint density at radius 1 is 1.28 bits per heavy atom. The summed E-state index contributed by atoms with van der Waals surface area (Å²) < 4.78 is 21.1. The van der Waals surface area contributed by atoms with Gasteiger partial charge in [-0.2, -0.15) is 5.10 Å².